The number of hydrogen-bond donors (Lipinski definition) is 3. The number of carbonyl (C=O) groups excluding carboxylic acids is 1. The molecule has 21 heavy (non-hydrogen) atoms. The van der Waals surface area contributed by atoms with Gasteiger partial charge in [-0.15, -0.1) is 0 Å². The molecule has 7 heteroatoms. The molecule has 118 valence electrons. The second kappa shape index (κ2) is 7.10. The largest absolute Gasteiger partial charge is 0.481 e. The number of hydrogen-bond acceptors (Lipinski definition) is 4. The standard InChI is InChI=1S/C14H23N3O4/c1-9-5-11(21-17-9)8-15-13(20)16-10(6-12(18)19)7-14(2,3)4/h5,10H,6-8H2,1-4H3,(H,18,19)(H2,15,16,20). The highest BCUT2D eigenvalue weighted by molar-refractivity contribution is 5.75. The molecule has 0 aliphatic heterocycles. The number of carboxylic acids is 1. The smallest absolute Gasteiger partial charge is 0.315 e. The maximum atomic E-state index is 11.8. The van der Waals surface area contributed by atoms with Crippen molar-refractivity contribution in [3.05, 3.63) is 17.5 Å². The predicted octanol–water partition coefficient (Wildman–Crippen LogP) is 2.06. The van der Waals surface area contributed by atoms with Gasteiger partial charge in [0, 0.05) is 12.1 Å². The first-order valence-electron chi connectivity index (χ1n) is 6.84. The number of amides is 2. The number of rotatable bonds is 6. The Bertz CT molecular complexity index is 491. The van der Waals surface area contributed by atoms with E-state index < -0.39 is 18.0 Å². The van der Waals surface area contributed by atoms with Crippen LogP contribution in [-0.4, -0.2) is 28.3 Å². The Labute approximate surface area is 124 Å². The van der Waals surface area contributed by atoms with E-state index in [0.717, 1.165) is 5.69 Å². The van der Waals surface area contributed by atoms with Gasteiger partial charge in [-0.3, -0.25) is 4.79 Å². The van der Waals surface area contributed by atoms with Crippen LogP contribution in [0.25, 0.3) is 0 Å². The van der Waals surface area contributed by atoms with Crippen molar-refractivity contribution in [3.8, 4) is 0 Å². The predicted molar refractivity (Wildman–Crippen MR) is 76.7 cm³/mol. The molecule has 0 aromatic carbocycles. The molecule has 0 spiro atoms. The number of urea groups is 1. The molecule has 1 rings (SSSR count). The lowest BCUT2D eigenvalue weighted by Crippen LogP contribution is -2.44. The fraction of sp³-hybridized carbons (Fsp3) is 0.643. The van der Waals surface area contributed by atoms with Crippen LogP contribution in [0, 0.1) is 12.3 Å². The van der Waals surface area contributed by atoms with Gasteiger partial charge in [-0.25, -0.2) is 4.79 Å². The van der Waals surface area contributed by atoms with E-state index in [0.29, 0.717) is 12.2 Å². The van der Waals surface area contributed by atoms with E-state index in [1.54, 1.807) is 13.0 Å². The third-order valence-corrected chi connectivity index (χ3v) is 2.71. The van der Waals surface area contributed by atoms with Crippen LogP contribution >= 0.6 is 0 Å². The van der Waals surface area contributed by atoms with Crippen LogP contribution in [0.5, 0.6) is 0 Å². The summed E-state index contributed by atoms with van der Waals surface area (Å²) >= 11 is 0. The fourth-order valence-electron chi connectivity index (χ4n) is 2.03. The van der Waals surface area contributed by atoms with E-state index >= 15 is 0 Å². The summed E-state index contributed by atoms with van der Waals surface area (Å²) in [6.07, 6.45) is 0.472. The van der Waals surface area contributed by atoms with Gasteiger partial charge < -0.3 is 20.3 Å². The minimum absolute atomic E-state index is 0.0740. The van der Waals surface area contributed by atoms with Gasteiger partial charge in [0.2, 0.25) is 0 Å². The maximum absolute atomic E-state index is 11.8. The summed E-state index contributed by atoms with van der Waals surface area (Å²) in [6, 6.07) is 0.892. The van der Waals surface area contributed by atoms with Crippen molar-refractivity contribution in [3.63, 3.8) is 0 Å². The van der Waals surface area contributed by atoms with Crippen LogP contribution < -0.4 is 10.6 Å². The molecule has 1 unspecified atom stereocenters. The van der Waals surface area contributed by atoms with E-state index in [9.17, 15) is 9.59 Å². The normalized spacial score (nSPS) is 12.8. The van der Waals surface area contributed by atoms with Crippen LogP contribution in [0.2, 0.25) is 0 Å². The van der Waals surface area contributed by atoms with Crippen molar-refractivity contribution in [2.24, 2.45) is 5.41 Å². The van der Waals surface area contributed by atoms with E-state index in [2.05, 4.69) is 15.8 Å². The van der Waals surface area contributed by atoms with Crippen molar-refractivity contribution in [1.82, 2.24) is 15.8 Å². The van der Waals surface area contributed by atoms with E-state index in [1.807, 2.05) is 20.8 Å². The van der Waals surface area contributed by atoms with Crippen LogP contribution in [-0.2, 0) is 11.3 Å². The van der Waals surface area contributed by atoms with E-state index in [-0.39, 0.29) is 18.4 Å². The van der Waals surface area contributed by atoms with Gasteiger partial charge in [-0.2, -0.15) is 0 Å². The maximum Gasteiger partial charge on any atom is 0.315 e. The average Bonchev–Trinajstić information content (AvgIpc) is 2.69. The average molecular weight is 297 g/mol. The monoisotopic (exact) mass is 297 g/mol. The van der Waals surface area contributed by atoms with Crippen molar-refractivity contribution in [1.29, 1.82) is 0 Å². The molecular weight excluding hydrogens is 274 g/mol. The first-order chi connectivity index (χ1) is 9.65. The van der Waals surface area contributed by atoms with Crippen LogP contribution in [0.1, 0.15) is 45.1 Å². The molecule has 3 N–H and O–H groups in total. The Morgan fingerprint density at radius 3 is 2.57 bits per heavy atom. The summed E-state index contributed by atoms with van der Waals surface area (Å²) in [7, 11) is 0. The van der Waals surface area contributed by atoms with Gasteiger partial charge in [0.15, 0.2) is 5.76 Å². The minimum Gasteiger partial charge on any atom is -0.481 e. The van der Waals surface area contributed by atoms with Gasteiger partial charge >= 0.3 is 12.0 Å². The van der Waals surface area contributed by atoms with Crippen molar-refractivity contribution in [2.45, 2.75) is 53.1 Å². The summed E-state index contributed by atoms with van der Waals surface area (Å²) < 4.78 is 4.98. The van der Waals surface area contributed by atoms with Gasteiger partial charge in [0.05, 0.1) is 18.7 Å². The summed E-state index contributed by atoms with van der Waals surface area (Å²) in [6.45, 7) is 8.00. The van der Waals surface area contributed by atoms with Crippen LogP contribution in [0.4, 0.5) is 4.79 Å². The van der Waals surface area contributed by atoms with Crippen molar-refractivity contribution in [2.75, 3.05) is 0 Å². The first kappa shape index (κ1) is 17.0. The number of carboxylic acid groups (broad SMARTS) is 1. The number of nitrogens with one attached hydrogen (secondary N) is 2. The lowest BCUT2D eigenvalue weighted by molar-refractivity contribution is -0.137. The highest BCUT2D eigenvalue weighted by Gasteiger charge is 2.22. The Morgan fingerprint density at radius 2 is 2.10 bits per heavy atom. The highest BCUT2D eigenvalue weighted by Crippen LogP contribution is 2.22. The number of carbonyl (C=O) groups is 2. The van der Waals surface area contributed by atoms with E-state index in [1.165, 1.54) is 0 Å². The van der Waals surface area contributed by atoms with Gasteiger partial charge in [-0.05, 0) is 18.8 Å². The van der Waals surface area contributed by atoms with Crippen LogP contribution in [0.15, 0.2) is 10.6 Å². The zero-order chi connectivity index (χ0) is 16.0. The molecule has 0 bridgehead atoms. The Hall–Kier alpha value is -2.05. The quantitative estimate of drug-likeness (QED) is 0.745. The molecule has 0 saturated carbocycles. The molecule has 0 saturated heterocycles. The summed E-state index contributed by atoms with van der Waals surface area (Å²) in [5.74, 6) is -0.385. The van der Waals surface area contributed by atoms with Gasteiger partial charge in [-0.1, -0.05) is 25.9 Å². The molecule has 2 amide bonds. The Kier molecular flexibility index (Phi) is 5.75. The molecule has 0 fully saturated rings. The first-order valence-corrected chi connectivity index (χ1v) is 6.84. The second-order valence-corrected chi connectivity index (χ2v) is 6.32. The number of aromatic nitrogens is 1. The van der Waals surface area contributed by atoms with Crippen molar-refractivity contribution >= 4 is 12.0 Å². The summed E-state index contributed by atoms with van der Waals surface area (Å²) in [5.41, 5.74) is 0.666. The third kappa shape index (κ3) is 7.34. The fourth-order valence-corrected chi connectivity index (χ4v) is 2.03. The minimum atomic E-state index is -0.935. The third-order valence-electron chi connectivity index (χ3n) is 2.71. The molecule has 1 aromatic heterocycles. The lowest BCUT2D eigenvalue weighted by Gasteiger charge is -2.25. The number of aryl methyl sites for hydroxylation is 1. The summed E-state index contributed by atoms with van der Waals surface area (Å²) in [5, 5.41) is 17.9. The van der Waals surface area contributed by atoms with Crippen molar-refractivity contribution < 1.29 is 19.2 Å². The number of aliphatic carboxylic acids is 1. The highest BCUT2D eigenvalue weighted by atomic mass is 16.5. The second-order valence-electron chi connectivity index (χ2n) is 6.32. The molecular formula is C14H23N3O4. The number of nitrogens with zero attached hydrogens (tertiary/aromatic N) is 1. The Morgan fingerprint density at radius 1 is 1.43 bits per heavy atom. The zero-order valence-corrected chi connectivity index (χ0v) is 12.9. The van der Waals surface area contributed by atoms with E-state index in [4.69, 9.17) is 9.63 Å². The van der Waals surface area contributed by atoms with Crippen LogP contribution in [0.3, 0.4) is 0 Å². The molecule has 0 radical (unpaired) electrons. The zero-order valence-electron chi connectivity index (χ0n) is 12.9. The molecule has 0 aliphatic carbocycles. The molecule has 1 atom stereocenters. The molecule has 0 aliphatic rings. The molecule has 7 nitrogen and oxygen atoms in total. The topological polar surface area (TPSA) is 104 Å². The lowest BCUT2D eigenvalue weighted by atomic mass is 9.87. The van der Waals surface area contributed by atoms with Gasteiger partial charge in [0.1, 0.15) is 0 Å². The Balaban J connectivity index is 2.49. The van der Waals surface area contributed by atoms with Gasteiger partial charge in [0.25, 0.3) is 0 Å². The molecule has 1 aromatic rings. The summed E-state index contributed by atoms with van der Waals surface area (Å²) in [4.78, 5) is 22.7. The molecule has 1 heterocycles. The SMILES string of the molecule is Cc1cc(CNC(=O)NC(CC(=O)O)CC(C)(C)C)on1.